The lowest BCUT2D eigenvalue weighted by molar-refractivity contribution is -0.0503. The monoisotopic (exact) mass is 357 g/mol. The molecule has 4 rings (SSSR count). The lowest BCUT2D eigenvalue weighted by atomic mass is 10.1. The molecule has 1 saturated heterocycles. The number of aromatic nitrogens is 4. The zero-order valence-electron chi connectivity index (χ0n) is 14.0. The van der Waals surface area contributed by atoms with E-state index in [2.05, 4.69) is 15.0 Å². The first-order valence-electron chi connectivity index (χ1n) is 8.19. The van der Waals surface area contributed by atoms with Crippen molar-refractivity contribution in [1.29, 1.82) is 0 Å². The van der Waals surface area contributed by atoms with E-state index in [-0.39, 0.29) is 5.82 Å². The van der Waals surface area contributed by atoms with E-state index in [1.165, 1.54) is 6.33 Å². The molecule has 9 heteroatoms. The van der Waals surface area contributed by atoms with E-state index in [0.717, 1.165) is 11.1 Å². The predicted molar refractivity (Wildman–Crippen MR) is 92.9 cm³/mol. The highest BCUT2D eigenvalue weighted by Gasteiger charge is 2.45. The second kappa shape index (κ2) is 6.29. The number of anilines is 1. The molecule has 3 heterocycles. The number of aliphatic hydroxyl groups excluding tert-OH is 3. The average molecular weight is 357 g/mol. The largest absolute Gasteiger partial charge is 0.394 e. The number of nitrogen functional groups attached to an aromatic ring is 1. The van der Waals surface area contributed by atoms with E-state index in [9.17, 15) is 15.3 Å². The van der Waals surface area contributed by atoms with Gasteiger partial charge in [-0.05, 0) is 13.0 Å². The van der Waals surface area contributed by atoms with Gasteiger partial charge in [-0.15, -0.1) is 0 Å². The summed E-state index contributed by atoms with van der Waals surface area (Å²) in [5, 5.41) is 30.0. The number of hydrogen-bond donors (Lipinski definition) is 4. The molecule has 5 N–H and O–H groups in total. The van der Waals surface area contributed by atoms with Crippen LogP contribution >= 0.6 is 0 Å². The molecule has 9 nitrogen and oxygen atoms in total. The summed E-state index contributed by atoms with van der Waals surface area (Å²) in [6.45, 7) is 1.54. The standard InChI is InChI=1S/C17H19N5O4/c1-8-3-2-4-9(5-8)15-21-11-14(18)19-7-20-16(11)22(15)17-13(25)12(24)10(6-23)26-17/h2-5,7,10,12-13,17,23-25H,6H2,1H3,(H2,18,19,20)/t10-,12-,13-,17-/m1/s1. The van der Waals surface area contributed by atoms with E-state index >= 15 is 0 Å². The summed E-state index contributed by atoms with van der Waals surface area (Å²) in [5.74, 6) is 0.681. The van der Waals surface area contributed by atoms with Crippen molar-refractivity contribution in [2.45, 2.75) is 31.5 Å². The average Bonchev–Trinajstić information content (AvgIpc) is 3.14. The van der Waals surface area contributed by atoms with Crippen LogP contribution in [-0.2, 0) is 4.74 Å². The summed E-state index contributed by atoms with van der Waals surface area (Å²) in [5.41, 5.74) is 8.50. The number of hydrogen-bond acceptors (Lipinski definition) is 8. The van der Waals surface area contributed by atoms with Crippen molar-refractivity contribution in [3.05, 3.63) is 36.2 Å². The minimum Gasteiger partial charge on any atom is -0.394 e. The fourth-order valence-corrected chi connectivity index (χ4v) is 3.25. The molecule has 1 aromatic carbocycles. The second-order valence-corrected chi connectivity index (χ2v) is 6.33. The van der Waals surface area contributed by atoms with Gasteiger partial charge in [-0.3, -0.25) is 4.57 Å². The summed E-state index contributed by atoms with van der Waals surface area (Å²) in [6.07, 6.45) is -3.07. The highest BCUT2D eigenvalue weighted by Crippen LogP contribution is 2.36. The first-order chi connectivity index (χ1) is 12.5. The van der Waals surface area contributed by atoms with Crippen LogP contribution in [0.1, 0.15) is 11.8 Å². The third-order valence-electron chi connectivity index (χ3n) is 4.55. The molecule has 3 aromatic rings. The molecule has 2 aromatic heterocycles. The molecule has 0 saturated carbocycles. The number of imidazole rings is 1. The van der Waals surface area contributed by atoms with Crippen molar-refractivity contribution in [3.63, 3.8) is 0 Å². The number of aryl methyl sites for hydroxylation is 1. The molecule has 1 fully saturated rings. The molecule has 0 spiro atoms. The zero-order valence-corrected chi connectivity index (χ0v) is 14.0. The van der Waals surface area contributed by atoms with E-state index in [1.54, 1.807) is 4.57 Å². The van der Waals surface area contributed by atoms with Crippen molar-refractivity contribution >= 4 is 17.0 Å². The summed E-state index contributed by atoms with van der Waals surface area (Å²) in [4.78, 5) is 12.8. The molecule has 0 aliphatic carbocycles. The molecule has 0 amide bonds. The van der Waals surface area contributed by atoms with Crippen molar-refractivity contribution in [2.24, 2.45) is 0 Å². The Morgan fingerprint density at radius 1 is 1.23 bits per heavy atom. The first kappa shape index (κ1) is 16.9. The van der Waals surface area contributed by atoms with Crippen LogP contribution in [0.15, 0.2) is 30.6 Å². The number of rotatable bonds is 3. The number of aliphatic hydroxyl groups is 3. The second-order valence-electron chi connectivity index (χ2n) is 6.33. The molecular formula is C17H19N5O4. The van der Waals surface area contributed by atoms with Crippen LogP contribution in [0.5, 0.6) is 0 Å². The zero-order chi connectivity index (χ0) is 18.4. The normalized spacial score (nSPS) is 25.8. The van der Waals surface area contributed by atoms with Crippen molar-refractivity contribution < 1.29 is 20.1 Å². The van der Waals surface area contributed by atoms with Crippen LogP contribution in [-0.4, -0.2) is 59.8 Å². The minimum absolute atomic E-state index is 0.203. The van der Waals surface area contributed by atoms with Gasteiger partial charge in [-0.25, -0.2) is 15.0 Å². The number of nitrogens with two attached hydrogens (primary N) is 1. The van der Waals surface area contributed by atoms with Gasteiger partial charge in [0.1, 0.15) is 30.5 Å². The van der Waals surface area contributed by atoms with Crippen LogP contribution in [0.4, 0.5) is 5.82 Å². The predicted octanol–water partition coefficient (Wildman–Crippen LogP) is -0.00458. The number of benzene rings is 1. The van der Waals surface area contributed by atoms with Gasteiger partial charge in [-0.2, -0.15) is 0 Å². The molecule has 4 atom stereocenters. The third-order valence-corrected chi connectivity index (χ3v) is 4.55. The fraction of sp³-hybridized carbons (Fsp3) is 0.353. The van der Waals surface area contributed by atoms with E-state index in [1.807, 2.05) is 31.2 Å². The Labute approximate surface area is 148 Å². The topological polar surface area (TPSA) is 140 Å². The van der Waals surface area contributed by atoms with Gasteiger partial charge in [0.05, 0.1) is 6.61 Å². The Balaban J connectivity index is 1.95. The maximum absolute atomic E-state index is 10.5. The quantitative estimate of drug-likeness (QED) is 0.513. The first-order valence-corrected chi connectivity index (χ1v) is 8.19. The smallest absolute Gasteiger partial charge is 0.168 e. The van der Waals surface area contributed by atoms with Gasteiger partial charge in [0, 0.05) is 5.56 Å². The maximum Gasteiger partial charge on any atom is 0.168 e. The molecule has 1 aliphatic heterocycles. The van der Waals surface area contributed by atoms with Crippen LogP contribution in [0.2, 0.25) is 0 Å². The molecule has 0 bridgehead atoms. The Morgan fingerprint density at radius 3 is 2.73 bits per heavy atom. The van der Waals surface area contributed by atoms with Crippen molar-refractivity contribution in [1.82, 2.24) is 19.5 Å². The SMILES string of the molecule is Cc1cccc(-c2nc3c(N)ncnc3n2[C@@H]2O[C@H](CO)[C@@H](O)[C@H]2O)c1. The van der Waals surface area contributed by atoms with Crippen molar-refractivity contribution in [2.75, 3.05) is 12.3 Å². The third kappa shape index (κ3) is 2.53. The number of ether oxygens (including phenoxy) is 1. The Kier molecular flexibility index (Phi) is 4.08. The summed E-state index contributed by atoms with van der Waals surface area (Å²) in [7, 11) is 0. The van der Waals surface area contributed by atoms with Gasteiger partial charge in [0.15, 0.2) is 23.2 Å². The van der Waals surface area contributed by atoms with Crippen LogP contribution in [0, 0.1) is 6.92 Å². The van der Waals surface area contributed by atoms with Crippen LogP contribution in [0.3, 0.4) is 0 Å². The lowest BCUT2D eigenvalue weighted by Gasteiger charge is -2.19. The maximum atomic E-state index is 10.5. The molecule has 136 valence electrons. The Bertz CT molecular complexity index is 959. The van der Waals surface area contributed by atoms with E-state index < -0.39 is 31.1 Å². The molecule has 0 radical (unpaired) electrons. The van der Waals surface area contributed by atoms with Gasteiger partial charge < -0.3 is 25.8 Å². The number of fused-ring (bicyclic) bond motifs is 1. The Hall–Kier alpha value is -2.59. The minimum atomic E-state index is -1.26. The summed E-state index contributed by atoms with van der Waals surface area (Å²) in [6, 6.07) is 7.65. The van der Waals surface area contributed by atoms with Gasteiger partial charge in [0.25, 0.3) is 0 Å². The fourth-order valence-electron chi connectivity index (χ4n) is 3.25. The molecular weight excluding hydrogens is 338 g/mol. The summed E-state index contributed by atoms with van der Waals surface area (Å²) >= 11 is 0. The van der Waals surface area contributed by atoms with Crippen LogP contribution < -0.4 is 5.73 Å². The molecule has 26 heavy (non-hydrogen) atoms. The van der Waals surface area contributed by atoms with Crippen molar-refractivity contribution in [3.8, 4) is 11.4 Å². The number of nitrogens with zero attached hydrogens (tertiary/aromatic N) is 4. The molecule has 1 aliphatic rings. The summed E-state index contributed by atoms with van der Waals surface area (Å²) < 4.78 is 7.28. The van der Waals surface area contributed by atoms with Gasteiger partial charge >= 0.3 is 0 Å². The van der Waals surface area contributed by atoms with Crippen LogP contribution in [0.25, 0.3) is 22.6 Å². The van der Waals surface area contributed by atoms with E-state index in [4.69, 9.17) is 10.5 Å². The highest BCUT2D eigenvalue weighted by molar-refractivity contribution is 5.85. The van der Waals surface area contributed by atoms with E-state index in [0.29, 0.717) is 17.0 Å². The van der Waals surface area contributed by atoms with Gasteiger partial charge in [0.2, 0.25) is 0 Å². The Morgan fingerprint density at radius 2 is 2.04 bits per heavy atom. The lowest BCUT2D eigenvalue weighted by Crippen LogP contribution is -2.33. The highest BCUT2D eigenvalue weighted by atomic mass is 16.6. The van der Waals surface area contributed by atoms with Gasteiger partial charge in [-0.1, -0.05) is 23.8 Å². The molecule has 0 unspecified atom stereocenters.